The van der Waals surface area contributed by atoms with Crippen molar-refractivity contribution in [2.24, 2.45) is 0 Å². The summed E-state index contributed by atoms with van der Waals surface area (Å²) in [5, 5.41) is 12.4. The zero-order valence-corrected chi connectivity index (χ0v) is 16.1. The molecule has 1 heterocycles. The summed E-state index contributed by atoms with van der Waals surface area (Å²) in [6.07, 6.45) is 4.53. The Kier molecular flexibility index (Phi) is 5.48. The van der Waals surface area contributed by atoms with Crippen LogP contribution in [0.15, 0.2) is 54.7 Å². The maximum atomic E-state index is 12.3. The van der Waals surface area contributed by atoms with Gasteiger partial charge in [0.1, 0.15) is 5.75 Å². The molecule has 0 aliphatic heterocycles. The van der Waals surface area contributed by atoms with E-state index in [2.05, 4.69) is 21.4 Å². The smallest absolute Gasteiger partial charge is 0.343 e. The number of rotatable bonds is 4. The van der Waals surface area contributed by atoms with Crippen LogP contribution in [0.2, 0.25) is 0 Å². The monoisotopic (exact) mass is 398 g/mol. The van der Waals surface area contributed by atoms with E-state index in [1.165, 1.54) is 6.07 Å². The number of anilines is 2. The average molecular weight is 398 g/mol. The third-order valence-corrected chi connectivity index (χ3v) is 4.75. The van der Waals surface area contributed by atoms with Crippen LogP contribution in [0.5, 0.6) is 5.75 Å². The third kappa shape index (κ3) is 4.33. The van der Waals surface area contributed by atoms with E-state index in [-0.39, 0.29) is 11.5 Å². The highest BCUT2D eigenvalue weighted by atomic mass is 16.5. The highest BCUT2D eigenvalue weighted by Crippen LogP contribution is 2.25. The van der Waals surface area contributed by atoms with Crippen LogP contribution in [0.4, 0.5) is 11.6 Å². The van der Waals surface area contributed by atoms with Gasteiger partial charge in [-0.25, -0.2) is 14.8 Å². The van der Waals surface area contributed by atoms with Gasteiger partial charge in [-0.3, -0.25) is 4.79 Å². The van der Waals surface area contributed by atoms with Gasteiger partial charge in [0.25, 0.3) is 0 Å². The Bertz CT molecular complexity index is 1150. The molecule has 0 saturated heterocycles. The molecule has 0 radical (unpaired) electrons. The molecule has 0 unspecified atom stereocenters. The fourth-order valence-corrected chi connectivity index (χ4v) is 3.28. The molecule has 1 aliphatic rings. The van der Waals surface area contributed by atoms with Crippen molar-refractivity contribution in [2.75, 3.05) is 5.32 Å². The number of esters is 1. The average Bonchev–Trinajstić information content (AvgIpc) is 2.95. The minimum absolute atomic E-state index is 0.0654. The van der Waals surface area contributed by atoms with Crippen molar-refractivity contribution in [2.45, 2.75) is 25.7 Å². The van der Waals surface area contributed by atoms with E-state index in [9.17, 15) is 14.9 Å². The molecule has 7 heteroatoms. The molecular formula is C23H18N4O3. The maximum Gasteiger partial charge on any atom is 0.343 e. The minimum atomic E-state index is -0.517. The number of hydrogen-bond donors (Lipinski definition) is 1. The summed E-state index contributed by atoms with van der Waals surface area (Å²) in [5.41, 5.74) is 2.53. The molecule has 0 fully saturated rings. The number of ketones is 1. The molecule has 30 heavy (non-hydrogen) atoms. The number of carbonyl (C=O) groups is 2. The number of ether oxygens (including phenoxy) is 1. The highest BCUT2D eigenvalue weighted by Gasteiger charge is 2.18. The molecule has 0 saturated carbocycles. The van der Waals surface area contributed by atoms with Crippen molar-refractivity contribution in [3.8, 4) is 11.8 Å². The summed E-state index contributed by atoms with van der Waals surface area (Å²) in [4.78, 5) is 33.2. The molecule has 0 amide bonds. The van der Waals surface area contributed by atoms with Gasteiger partial charge in [-0.1, -0.05) is 18.2 Å². The number of nitrogens with zero attached hydrogens (tertiary/aromatic N) is 3. The molecule has 7 nitrogen and oxygen atoms in total. The lowest BCUT2D eigenvalue weighted by Gasteiger charge is -2.11. The molecule has 1 aromatic heterocycles. The van der Waals surface area contributed by atoms with Crippen LogP contribution in [0.3, 0.4) is 0 Å². The van der Waals surface area contributed by atoms with Crippen molar-refractivity contribution < 1.29 is 14.3 Å². The molecule has 1 N–H and O–H groups in total. The fraction of sp³-hybridized carbons (Fsp3) is 0.174. The van der Waals surface area contributed by atoms with Crippen LogP contribution in [0.1, 0.15) is 51.2 Å². The van der Waals surface area contributed by atoms with Crippen molar-refractivity contribution in [1.29, 1.82) is 5.26 Å². The first-order valence-corrected chi connectivity index (χ1v) is 9.61. The second kappa shape index (κ2) is 8.53. The van der Waals surface area contributed by atoms with E-state index in [0.717, 1.165) is 25.0 Å². The number of carbonyl (C=O) groups excluding carboxylic acids is 2. The molecule has 4 rings (SSSR count). The Hall–Kier alpha value is -4.05. The van der Waals surface area contributed by atoms with Crippen LogP contribution in [0.25, 0.3) is 0 Å². The minimum Gasteiger partial charge on any atom is -0.423 e. The Morgan fingerprint density at radius 1 is 1.10 bits per heavy atom. The van der Waals surface area contributed by atoms with Crippen LogP contribution in [0, 0.1) is 11.3 Å². The third-order valence-electron chi connectivity index (χ3n) is 4.75. The van der Waals surface area contributed by atoms with Gasteiger partial charge in [0.15, 0.2) is 5.78 Å². The van der Waals surface area contributed by atoms with Crippen molar-refractivity contribution >= 4 is 23.4 Å². The van der Waals surface area contributed by atoms with E-state index in [1.807, 2.05) is 6.07 Å². The fourth-order valence-electron chi connectivity index (χ4n) is 3.28. The van der Waals surface area contributed by atoms with E-state index in [0.29, 0.717) is 34.7 Å². The second-order valence-corrected chi connectivity index (χ2v) is 6.92. The summed E-state index contributed by atoms with van der Waals surface area (Å²) >= 11 is 0. The summed E-state index contributed by atoms with van der Waals surface area (Å²) < 4.78 is 5.43. The predicted octanol–water partition coefficient (Wildman–Crippen LogP) is 4.22. The van der Waals surface area contributed by atoms with E-state index in [4.69, 9.17) is 4.74 Å². The van der Waals surface area contributed by atoms with Crippen molar-refractivity contribution in [1.82, 2.24) is 9.97 Å². The van der Waals surface area contributed by atoms with Crippen LogP contribution < -0.4 is 10.1 Å². The summed E-state index contributed by atoms with van der Waals surface area (Å²) in [7, 11) is 0. The van der Waals surface area contributed by atoms with Crippen LogP contribution in [-0.2, 0) is 6.42 Å². The van der Waals surface area contributed by atoms with Gasteiger partial charge in [0, 0.05) is 24.4 Å². The number of hydrogen-bond acceptors (Lipinski definition) is 7. The number of fused-ring (bicyclic) bond motifs is 1. The lowest BCUT2D eigenvalue weighted by atomic mass is 10.1. The zero-order valence-electron chi connectivity index (χ0n) is 16.1. The molecule has 0 spiro atoms. The highest BCUT2D eigenvalue weighted by molar-refractivity contribution is 5.97. The molecule has 0 atom stereocenters. The van der Waals surface area contributed by atoms with E-state index in [1.54, 1.807) is 42.6 Å². The van der Waals surface area contributed by atoms with Gasteiger partial charge in [-0.15, -0.1) is 0 Å². The normalized spacial score (nSPS) is 13.0. The largest absolute Gasteiger partial charge is 0.423 e. The first kappa shape index (κ1) is 19.3. The number of benzene rings is 2. The molecule has 0 bridgehead atoms. The molecule has 2 aromatic carbocycles. The van der Waals surface area contributed by atoms with Gasteiger partial charge >= 0.3 is 5.97 Å². The maximum absolute atomic E-state index is 12.3. The molecule has 3 aromatic rings. The lowest BCUT2D eigenvalue weighted by Crippen LogP contribution is -2.09. The molecule has 1 aliphatic carbocycles. The second-order valence-electron chi connectivity index (χ2n) is 6.92. The number of nitrogens with one attached hydrogen (secondary N) is 1. The number of aromatic nitrogens is 2. The Balaban J connectivity index is 1.58. The van der Waals surface area contributed by atoms with Crippen molar-refractivity contribution in [3.63, 3.8) is 0 Å². The molecular weight excluding hydrogens is 380 g/mol. The first-order valence-electron chi connectivity index (χ1n) is 9.61. The van der Waals surface area contributed by atoms with Gasteiger partial charge in [-0.2, -0.15) is 5.26 Å². The Morgan fingerprint density at radius 3 is 2.70 bits per heavy atom. The quantitative estimate of drug-likeness (QED) is 0.398. The molecule has 148 valence electrons. The SMILES string of the molecule is N#Cc1cc(Nc2ncc3c(n2)CCCCC3=O)cc(OC(=O)c2ccccc2)c1. The van der Waals surface area contributed by atoms with Crippen molar-refractivity contribution in [3.05, 3.63) is 77.1 Å². The summed E-state index contributed by atoms with van der Waals surface area (Å²) in [6, 6.07) is 15.4. The van der Waals surface area contributed by atoms with E-state index < -0.39 is 5.97 Å². The number of aryl methyl sites for hydroxylation is 1. The number of Topliss-reactive ketones (excluding diaryl/α,β-unsaturated/α-hetero) is 1. The lowest BCUT2D eigenvalue weighted by molar-refractivity contribution is 0.0734. The van der Waals surface area contributed by atoms with Gasteiger partial charge < -0.3 is 10.1 Å². The standard InChI is InChI=1S/C23H18N4O3/c24-13-15-10-17(12-18(11-15)30-22(29)16-6-2-1-3-7-16)26-23-25-14-19-20(27-23)8-4-5-9-21(19)28/h1-3,6-7,10-12,14H,4-5,8-9H2,(H,25,26,27). The van der Waals surface area contributed by atoms with Gasteiger partial charge in [-0.05, 0) is 43.5 Å². The predicted molar refractivity (Wildman–Crippen MR) is 110 cm³/mol. The summed E-state index contributed by atoms with van der Waals surface area (Å²) in [5.74, 6) is 0.0984. The van der Waals surface area contributed by atoms with Gasteiger partial charge in [0.05, 0.1) is 28.5 Å². The van der Waals surface area contributed by atoms with Crippen LogP contribution >= 0.6 is 0 Å². The summed E-state index contributed by atoms with van der Waals surface area (Å²) in [6.45, 7) is 0. The van der Waals surface area contributed by atoms with E-state index >= 15 is 0 Å². The first-order chi connectivity index (χ1) is 14.6. The Labute approximate surface area is 173 Å². The Morgan fingerprint density at radius 2 is 1.90 bits per heavy atom. The topological polar surface area (TPSA) is 105 Å². The van der Waals surface area contributed by atoms with Gasteiger partial charge in [0.2, 0.25) is 5.95 Å². The zero-order chi connectivity index (χ0) is 20.9. The number of nitriles is 1. The van der Waals surface area contributed by atoms with Crippen LogP contribution in [-0.4, -0.2) is 21.7 Å².